The van der Waals surface area contributed by atoms with Gasteiger partial charge in [-0.05, 0) is 35.4 Å². The fourth-order valence-electron chi connectivity index (χ4n) is 2.63. The molecule has 4 rings (SSSR count). The number of hydrogen-bond acceptors (Lipinski definition) is 6. The van der Waals surface area contributed by atoms with Crippen molar-refractivity contribution in [1.82, 2.24) is 15.2 Å². The zero-order valence-corrected chi connectivity index (χ0v) is 15.2. The molecule has 6 nitrogen and oxygen atoms in total. The first-order chi connectivity index (χ1) is 13.0. The SMILES string of the molecule is O=C(O)Cc1nnc(Cc2nc3c(Cl)cc(-c4cccc(F)c4)cc3s2)o1. The molecule has 2 heterocycles. The van der Waals surface area contributed by atoms with Gasteiger partial charge in [0, 0.05) is 0 Å². The van der Waals surface area contributed by atoms with E-state index in [1.807, 2.05) is 12.1 Å². The Morgan fingerprint density at radius 3 is 2.78 bits per heavy atom. The highest BCUT2D eigenvalue weighted by atomic mass is 35.5. The van der Waals surface area contributed by atoms with E-state index in [2.05, 4.69) is 15.2 Å². The Labute approximate surface area is 161 Å². The van der Waals surface area contributed by atoms with E-state index in [9.17, 15) is 9.18 Å². The van der Waals surface area contributed by atoms with Crippen LogP contribution in [0.2, 0.25) is 5.02 Å². The number of thiazole rings is 1. The Hall–Kier alpha value is -2.84. The Balaban J connectivity index is 1.65. The molecule has 0 aliphatic heterocycles. The van der Waals surface area contributed by atoms with E-state index in [0.717, 1.165) is 15.8 Å². The molecule has 2 aromatic carbocycles. The van der Waals surface area contributed by atoms with E-state index in [1.165, 1.54) is 23.5 Å². The molecule has 0 radical (unpaired) electrons. The van der Waals surface area contributed by atoms with Crippen molar-refractivity contribution in [3.8, 4) is 11.1 Å². The summed E-state index contributed by atoms with van der Waals surface area (Å²) in [5.74, 6) is -1.03. The fraction of sp³-hybridized carbons (Fsp3) is 0.111. The van der Waals surface area contributed by atoms with E-state index >= 15 is 0 Å². The van der Waals surface area contributed by atoms with E-state index in [0.29, 0.717) is 15.5 Å². The van der Waals surface area contributed by atoms with Gasteiger partial charge in [-0.15, -0.1) is 21.5 Å². The first-order valence-electron chi connectivity index (χ1n) is 7.86. The zero-order valence-electron chi connectivity index (χ0n) is 13.6. The molecule has 0 spiro atoms. The van der Waals surface area contributed by atoms with Crippen LogP contribution < -0.4 is 0 Å². The molecule has 0 bridgehead atoms. The standard InChI is InChI=1S/C18H11ClFN3O3S/c19-12-5-10(9-2-1-3-11(20)4-9)6-13-18(12)21-16(27-13)7-14-22-23-15(26-14)8-17(24)25/h1-6H,7-8H2,(H,24,25). The molecule has 0 aliphatic carbocycles. The van der Waals surface area contributed by atoms with Crippen molar-refractivity contribution in [3.63, 3.8) is 0 Å². The van der Waals surface area contributed by atoms with Crippen LogP contribution in [-0.4, -0.2) is 26.3 Å². The Morgan fingerprint density at radius 1 is 1.19 bits per heavy atom. The molecule has 0 saturated carbocycles. The van der Waals surface area contributed by atoms with Crippen LogP contribution in [0.4, 0.5) is 4.39 Å². The summed E-state index contributed by atoms with van der Waals surface area (Å²) in [5, 5.41) is 17.5. The van der Waals surface area contributed by atoms with Crippen LogP contribution >= 0.6 is 22.9 Å². The minimum atomic E-state index is -1.04. The highest BCUT2D eigenvalue weighted by molar-refractivity contribution is 7.18. The summed E-state index contributed by atoms with van der Waals surface area (Å²) in [7, 11) is 0. The Morgan fingerprint density at radius 2 is 2.00 bits per heavy atom. The molecule has 4 aromatic rings. The summed E-state index contributed by atoms with van der Waals surface area (Å²) >= 11 is 7.77. The predicted octanol–water partition coefficient (Wildman–Crippen LogP) is 4.36. The number of hydrogen-bond donors (Lipinski definition) is 1. The number of nitrogens with zero attached hydrogens (tertiary/aromatic N) is 3. The van der Waals surface area contributed by atoms with E-state index in [-0.39, 0.29) is 30.4 Å². The smallest absolute Gasteiger partial charge is 0.312 e. The maximum atomic E-state index is 13.5. The lowest BCUT2D eigenvalue weighted by Crippen LogP contribution is -1.99. The van der Waals surface area contributed by atoms with Gasteiger partial charge in [-0.3, -0.25) is 4.79 Å². The van der Waals surface area contributed by atoms with Crippen molar-refractivity contribution in [2.45, 2.75) is 12.8 Å². The minimum Gasteiger partial charge on any atom is -0.481 e. The zero-order chi connectivity index (χ0) is 19.0. The van der Waals surface area contributed by atoms with Crippen molar-refractivity contribution < 1.29 is 18.7 Å². The van der Waals surface area contributed by atoms with Crippen molar-refractivity contribution in [2.24, 2.45) is 0 Å². The molecule has 0 unspecified atom stereocenters. The number of fused-ring (bicyclic) bond motifs is 1. The van der Waals surface area contributed by atoms with Gasteiger partial charge in [0.25, 0.3) is 0 Å². The summed E-state index contributed by atoms with van der Waals surface area (Å²) < 4.78 is 19.7. The third kappa shape index (κ3) is 3.81. The first kappa shape index (κ1) is 17.6. The molecule has 0 saturated heterocycles. The molecule has 1 N–H and O–H groups in total. The normalized spacial score (nSPS) is 11.2. The molecule has 0 aliphatic rings. The van der Waals surface area contributed by atoms with Gasteiger partial charge in [0.2, 0.25) is 11.8 Å². The molecule has 9 heteroatoms. The Bertz CT molecular complexity index is 1160. The van der Waals surface area contributed by atoms with Crippen LogP contribution in [0.1, 0.15) is 16.8 Å². The van der Waals surface area contributed by atoms with Crippen LogP contribution in [0, 0.1) is 5.82 Å². The summed E-state index contributed by atoms with van der Waals surface area (Å²) in [4.78, 5) is 15.2. The number of rotatable bonds is 5. The maximum absolute atomic E-state index is 13.5. The number of carboxylic acid groups (broad SMARTS) is 1. The molecular formula is C18H11ClFN3O3S. The van der Waals surface area contributed by atoms with Crippen molar-refractivity contribution >= 4 is 39.1 Å². The Kier molecular flexibility index (Phi) is 4.59. The van der Waals surface area contributed by atoms with Gasteiger partial charge >= 0.3 is 5.97 Å². The number of aromatic nitrogens is 3. The number of carboxylic acids is 1. The molecular weight excluding hydrogens is 393 g/mol. The van der Waals surface area contributed by atoms with Crippen LogP contribution in [0.15, 0.2) is 40.8 Å². The summed E-state index contributed by atoms with van der Waals surface area (Å²) in [6.45, 7) is 0. The van der Waals surface area contributed by atoms with Crippen molar-refractivity contribution in [2.75, 3.05) is 0 Å². The monoisotopic (exact) mass is 403 g/mol. The lowest BCUT2D eigenvalue weighted by atomic mass is 10.1. The van der Waals surface area contributed by atoms with Crippen molar-refractivity contribution in [3.05, 3.63) is 64.0 Å². The predicted molar refractivity (Wildman–Crippen MR) is 98.5 cm³/mol. The van der Waals surface area contributed by atoms with E-state index < -0.39 is 5.97 Å². The lowest BCUT2D eigenvalue weighted by molar-refractivity contribution is -0.136. The van der Waals surface area contributed by atoms with Crippen LogP contribution in [0.5, 0.6) is 0 Å². The highest BCUT2D eigenvalue weighted by Crippen LogP contribution is 2.34. The fourth-order valence-corrected chi connectivity index (χ4v) is 3.98. The number of carbonyl (C=O) groups is 1. The average Bonchev–Trinajstić information content (AvgIpc) is 3.21. The second-order valence-electron chi connectivity index (χ2n) is 5.76. The first-order valence-corrected chi connectivity index (χ1v) is 9.05. The quantitative estimate of drug-likeness (QED) is 0.532. The summed E-state index contributed by atoms with van der Waals surface area (Å²) in [6.07, 6.45) is -0.0484. The molecule has 0 fully saturated rings. The lowest BCUT2D eigenvalue weighted by Gasteiger charge is -2.03. The third-order valence-corrected chi connectivity index (χ3v) is 5.05. The van der Waals surface area contributed by atoms with Gasteiger partial charge < -0.3 is 9.52 Å². The largest absolute Gasteiger partial charge is 0.481 e. The highest BCUT2D eigenvalue weighted by Gasteiger charge is 2.15. The number of halogens is 2. The molecule has 2 aromatic heterocycles. The molecule has 0 atom stereocenters. The second-order valence-corrected chi connectivity index (χ2v) is 7.28. The van der Waals surface area contributed by atoms with Gasteiger partial charge in [-0.1, -0.05) is 23.7 Å². The maximum Gasteiger partial charge on any atom is 0.312 e. The third-order valence-electron chi connectivity index (χ3n) is 3.76. The van der Waals surface area contributed by atoms with E-state index in [4.69, 9.17) is 21.1 Å². The topological polar surface area (TPSA) is 89.1 Å². The average molecular weight is 404 g/mol. The molecule has 0 amide bonds. The van der Waals surface area contributed by atoms with Gasteiger partial charge in [-0.2, -0.15) is 0 Å². The van der Waals surface area contributed by atoms with Gasteiger partial charge in [-0.25, -0.2) is 9.37 Å². The van der Waals surface area contributed by atoms with Gasteiger partial charge in [0.05, 0.1) is 16.1 Å². The molecule has 136 valence electrons. The summed E-state index contributed by atoms with van der Waals surface area (Å²) in [6, 6.07) is 9.94. The minimum absolute atomic E-state index is 0.0463. The number of benzene rings is 2. The van der Waals surface area contributed by atoms with Gasteiger partial charge in [0.15, 0.2) is 0 Å². The van der Waals surface area contributed by atoms with Crippen LogP contribution in [0.25, 0.3) is 21.3 Å². The van der Waals surface area contributed by atoms with Crippen LogP contribution in [0.3, 0.4) is 0 Å². The molecule has 27 heavy (non-hydrogen) atoms. The summed E-state index contributed by atoms with van der Waals surface area (Å²) in [5.41, 5.74) is 2.16. The van der Waals surface area contributed by atoms with Crippen LogP contribution in [-0.2, 0) is 17.6 Å². The van der Waals surface area contributed by atoms with E-state index in [1.54, 1.807) is 12.1 Å². The number of aliphatic carboxylic acids is 1. The second kappa shape index (κ2) is 7.05. The van der Waals surface area contributed by atoms with Gasteiger partial charge in [0.1, 0.15) is 22.8 Å². The van der Waals surface area contributed by atoms with Crippen molar-refractivity contribution in [1.29, 1.82) is 0 Å².